The smallest absolute Gasteiger partial charge is 0.155 e. The molecule has 7 nitrogen and oxygen atoms in total. The van der Waals surface area contributed by atoms with Crippen LogP contribution in [0.3, 0.4) is 0 Å². The lowest BCUT2D eigenvalue weighted by molar-refractivity contribution is 0.232. The molecule has 0 atom stereocenters. The predicted octanol–water partition coefficient (Wildman–Crippen LogP) is 4.14. The second-order valence-electron chi connectivity index (χ2n) is 9.77. The van der Waals surface area contributed by atoms with E-state index < -0.39 is 0 Å². The van der Waals surface area contributed by atoms with E-state index in [0.29, 0.717) is 5.41 Å². The van der Waals surface area contributed by atoms with Gasteiger partial charge in [0.25, 0.3) is 0 Å². The molecule has 0 bridgehead atoms. The lowest BCUT2D eigenvalue weighted by atomic mass is 9.76. The van der Waals surface area contributed by atoms with Gasteiger partial charge in [-0.3, -0.25) is 4.68 Å². The Morgan fingerprint density at radius 1 is 1.00 bits per heavy atom. The Hall–Kier alpha value is -3.35. The van der Waals surface area contributed by atoms with Gasteiger partial charge in [0.05, 0.1) is 30.4 Å². The lowest BCUT2D eigenvalue weighted by Gasteiger charge is -2.40. The molecular formula is C26H30N6O. The number of hydrogen-bond donors (Lipinski definition) is 0. The third-order valence-corrected chi connectivity index (χ3v) is 7.61. The van der Waals surface area contributed by atoms with Crippen molar-refractivity contribution >= 4 is 11.3 Å². The van der Waals surface area contributed by atoms with E-state index in [9.17, 15) is 0 Å². The maximum Gasteiger partial charge on any atom is 0.155 e. The van der Waals surface area contributed by atoms with Gasteiger partial charge in [0.2, 0.25) is 0 Å². The Morgan fingerprint density at radius 3 is 2.52 bits per heavy atom. The van der Waals surface area contributed by atoms with Crippen LogP contribution in [0.25, 0.3) is 16.9 Å². The minimum atomic E-state index is 0.364. The molecular weight excluding hydrogens is 412 g/mol. The van der Waals surface area contributed by atoms with Crippen molar-refractivity contribution in [3.63, 3.8) is 0 Å². The normalized spacial score (nSPS) is 17.2. The molecule has 1 aliphatic carbocycles. The quantitative estimate of drug-likeness (QED) is 0.477. The summed E-state index contributed by atoms with van der Waals surface area (Å²) in [6.45, 7) is 6.13. The first-order valence-corrected chi connectivity index (χ1v) is 11.7. The molecule has 1 spiro atoms. The summed E-state index contributed by atoms with van der Waals surface area (Å²) in [4.78, 5) is 7.56. The number of methoxy groups -OCH3 is 1. The molecule has 0 amide bonds. The van der Waals surface area contributed by atoms with Crippen molar-refractivity contribution in [2.75, 3.05) is 25.1 Å². The average molecular weight is 443 g/mol. The first kappa shape index (κ1) is 20.3. The SMILES string of the molecule is COc1ccc2c(c1)CC1(CCN(c3nc(C)c(-c4cc(C)nn4C)n4nccc34)CC1)C2. The second kappa shape index (κ2) is 7.33. The molecule has 4 heterocycles. The number of fused-ring (bicyclic) bond motifs is 2. The van der Waals surface area contributed by atoms with Gasteiger partial charge in [0.1, 0.15) is 17.0 Å². The van der Waals surface area contributed by atoms with Crippen LogP contribution in [-0.4, -0.2) is 44.6 Å². The highest BCUT2D eigenvalue weighted by atomic mass is 16.5. The van der Waals surface area contributed by atoms with Crippen molar-refractivity contribution in [1.29, 1.82) is 0 Å². The van der Waals surface area contributed by atoms with E-state index in [-0.39, 0.29) is 0 Å². The van der Waals surface area contributed by atoms with Gasteiger partial charge in [0, 0.05) is 20.1 Å². The van der Waals surface area contributed by atoms with Gasteiger partial charge in [-0.2, -0.15) is 10.2 Å². The van der Waals surface area contributed by atoms with Gasteiger partial charge in [-0.05, 0) is 80.3 Å². The van der Waals surface area contributed by atoms with Crippen LogP contribution < -0.4 is 9.64 Å². The summed E-state index contributed by atoms with van der Waals surface area (Å²) >= 11 is 0. The highest BCUT2D eigenvalue weighted by molar-refractivity contribution is 5.74. The van der Waals surface area contributed by atoms with Gasteiger partial charge in [-0.15, -0.1) is 0 Å². The van der Waals surface area contributed by atoms with Gasteiger partial charge in [0.15, 0.2) is 5.82 Å². The molecule has 170 valence electrons. The van der Waals surface area contributed by atoms with Crippen molar-refractivity contribution in [1.82, 2.24) is 24.4 Å². The van der Waals surface area contributed by atoms with E-state index in [1.54, 1.807) is 7.11 Å². The fourth-order valence-corrected chi connectivity index (χ4v) is 5.92. The molecule has 7 heteroatoms. The Labute approximate surface area is 194 Å². The summed E-state index contributed by atoms with van der Waals surface area (Å²) < 4.78 is 9.41. The monoisotopic (exact) mass is 442 g/mol. The van der Waals surface area contributed by atoms with E-state index in [1.807, 2.05) is 29.4 Å². The summed E-state index contributed by atoms with van der Waals surface area (Å²) in [5, 5.41) is 9.20. The number of ether oxygens (including phenoxy) is 1. The van der Waals surface area contributed by atoms with Crippen molar-refractivity contribution in [2.24, 2.45) is 12.5 Å². The summed E-state index contributed by atoms with van der Waals surface area (Å²) in [5.41, 5.74) is 8.40. The fraction of sp³-hybridized carbons (Fsp3) is 0.423. The first-order valence-electron chi connectivity index (χ1n) is 11.7. The summed E-state index contributed by atoms with van der Waals surface area (Å²) in [5.74, 6) is 2.01. The third kappa shape index (κ3) is 3.21. The molecule has 0 radical (unpaired) electrons. The number of hydrogen-bond acceptors (Lipinski definition) is 5. The van der Waals surface area contributed by atoms with E-state index in [2.05, 4.69) is 52.4 Å². The van der Waals surface area contributed by atoms with Crippen LogP contribution in [0.1, 0.15) is 35.4 Å². The number of rotatable bonds is 3. The van der Waals surface area contributed by atoms with Crippen LogP contribution in [0.15, 0.2) is 36.5 Å². The Morgan fingerprint density at radius 2 is 1.79 bits per heavy atom. The largest absolute Gasteiger partial charge is 0.497 e. The van der Waals surface area contributed by atoms with Crippen LogP contribution in [0.4, 0.5) is 5.82 Å². The summed E-state index contributed by atoms with van der Waals surface area (Å²) in [7, 11) is 3.72. The van der Waals surface area contributed by atoms with Gasteiger partial charge >= 0.3 is 0 Å². The average Bonchev–Trinajstić information content (AvgIpc) is 3.50. The topological polar surface area (TPSA) is 60.5 Å². The van der Waals surface area contributed by atoms with E-state index >= 15 is 0 Å². The fourth-order valence-electron chi connectivity index (χ4n) is 5.92. The predicted molar refractivity (Wildman–Crippen MR) is 129 cm³/mol. The second-order valence-corrected chi connectivity index (χ2v) is 9.77. The number of anilines is 1. The van der Waals surface area contributed by atoms with Crippen LogP contribution in [-0.2, 0) is 19.9 Å². The molecule has 1 saturated heterocycles. The van der Waals surface area contributed by atoms with Crippen molar-refractivity contribution in [3.05, 3.63) is 59.0 Å². The Balaban J connectivity index is 1.29. The zero-order valence-corrected chi connectivity index (χ0v) is 19.8. The molecule has 3 aromatic heterocycles. The van der Waals surface area contributed by atoms with Gasteiger partial charge < -0.3 is 9.64 Å². The molecule has 0 N–H and O–H groups in total. The van der Waals surface area contributed by atoms with Gasteiger partial charge in [-0.25, -0.2) is 9.50 Å². The summed E-state index contributed by atoms with van der Waals surface area (Å²) in [6.07, 6.45) is 6.55. The molecule has 1 aliphatic heterocycles. The number of aromatic nitrogens is 5. The van der Waals surface area contributed by atoms with E-state index in [4.69, 9.17) is 9.72 Å². The van der Waals surface area contributed by atoms with Crippen LogP contribution in [0, 0.1) is 19.3 Å². The Kier molecular flexibility index (Phi) is 4.50. The minimum absolute atomic E-state index is 0.364. The van der Waals surface area contributed by atoms with E-state index in [1.165, 1.54) is 30.4 Å². The van der Waals surface area contributed by atoms with Crippen molar-refractivity contribution < 1.29 is 4.74 Å². The number of aryl methyl sites for hydroxylation is 3. The molecule has 1 aromatic carbocycles. The zero-order chi connectivity index (χ0) is 22.7. The Bertz CT molecular complexity index is 1360. The number of benzene rings is 1. The third-order valence-electron chi connectivity index (χ3n) is 7.61. The molecule has 0 saturated carbocycles. The number of piperidine rings is 1. The highest BCUT2D eigenvalue weighted by Gasteiger charge is 2.40. The zero-order valence-electron chi connectivity index (χ0n) is 19.8. The van der Waals surface area contributed by atoms with Gasteiger partial charge in [-0.1, -0.05) is 6.07 Å². The van der Waals surface area contributed by atoms with Crippen LogP contribution in [0.5, 0.6) is 5.75 Å². The van der Waals surface area contributed by atoms with Crippen LogP contribution in [0.2, 0.25) is 0 Å². The molecule has 1 fully saturated rings. The molecule has 4 aromatic rings. The van der Waals surface area contributed by atoms with Crippen molar-refractivity contribution in [2.45, 2.75) is 39.5 Å². The minimum Gasteiger partial charge on any atom is -0.497 e. The van der Waals surface area contributed by atoms with Crippen LogP contribution >= 0.6 is 0 Å². The number of nitrogens with zero attached hydrogens (tertiary/aromatic N) is 6. The highest BCUT2D eigenvalue weighted by Crippen LogP contribution is 2.46. The van der Waals surface area contributed by atoms with E-state index in [0.717, 1.165) is 59.4 Å². The standard InChI is InChI=1S/C26H30N6O/c1-17-13-23(30(3)29-17)24-18(2)28-25(22-7-10-27-32(22)24)31-11-8-26(9-12-31)15-19-5-6-21(33-4)14-20(19)16-26/h5-7,10,13-14H,8-9,11-12,15-16H2,1-4H3. The lowest BCUT2D eigenvalue weighted by Crippen LogP contribution is -2.41. The molecule has 33 heavy (non-hydrogen) atoms. The maximum atomic E-state index is 5.45. The maximum absolute atomic E-state index is 5.45. The molecule has 0 unspecified atom stereocenters. The van der Waals surface area contributed by atoms with Crippen molar-refractivity contribution in [3.8, 4) is 17.1 Å². The summed E-state index contributed by atoms with van der Waals surface area (Å²) in [6, 6.07) is 10.8. The molecule has 2 aliphatic rings. The first-order chi connectivity index (χ1) is 16.0. The molecule has 6 rings (SSSR count).